The Balaban J connectivity index is 0.00000171. The number of nitrogen functional groups attached to an aromatic ring is 1. The first kappa shape index (κ1) is 24.9. The van der Waals surface area contributed by atoms with Crippen LogP contribution in [0, 0.1) is 5.41 Å². The van der Waals surface area contributed by atoms with Gasteiger partial charge in [0.2, 0.25) is 0 Å². The summed E-state index contributed by atoms with van der Waals surface area (Å²) in [6.07, 6.45) is 1.44. The van der Waals surface area contributed by atoms with E-state index < -0.39 is 11.9 Å². The Hall–Kier alpha value is -2.39. The van der Waals surface area contributed by atoms with Gasteiger partial charge in [-0.05, 0) is 48.9 Å². The molecule has 1 fully saturated rings. The van der Waals surface area contributed by atoms with Crippen LogP contribution in [-0.2, 0) is 11.2 Å². The third-order valence-electron chi connectivity index (χ3n) is 5.02. The quantitative estimate of drug-likeness (QED) is 0.301. The van der Waals surface area contributed by atoms with Crippen LogP contribution < -0.4 is 15.8 Å². The zero-order chi connectivity index (χ0) is 20.4. The average molecular weight is 483 g/mol. The van der Waals surface area contributed by atoms with E-state index in [0.717, 1.165) is 46.0 Å². The van der Waals surface area contributed by atoms with E-state index in [2.05, 4.69) is 10.3 Å². The minimum Gasteiger partial charge on any atom is -0.489 e. The first-order valence-electron chi connectivity index (χ1n) is 9.43. The van der Waals surface area contributed by atoms with Crippen molar-refractivity contribution in [3.8, 4) is 5.75 Å². The van der Waals surface area contributed by atoms with Crippen molar-refractivity contribution in [2.24, 2.45) is 5.73 Å². The number of aliphatic carboxylic acids is 1. The second kappa shape index (κ2) is 10.8. The number of carboxylic acid groups (broad SMARTS) is 1. The highest BCUT2D eigenvalue weighted by atomic mass is 35.5. The van der Waals surface area contributed by atoms with Crippen LogP contribution >= 0.6 is 36.2 Å². The Kier molecular flexibility index (Phi) is 8.64. The van der Waals surface area contributed by atoms with Crippen LogP contribution in [0.2, 0.25) is 0 Å². The predicted octanol–water partition coefficient (Wildman–Crippen LogP) is 3.58. The standard InChI is InChI=1S/C21H22N4O3S.2ClH/c22-20(23)13-3-6-18-17(9-13)25-19(29-18)10-16(21(26)27)12-1-4-14(5-2-12)28-15-7-8-24-11-15;;/h1-6,9,15-16,24H,7-8,10-11H2,(H3,22,23)(H,26,27);2*1H/t15-,16?;;/m0../s1. The molecule has 0 bridgehead atoms. The molecule has 4 rings (SSSR count). The van der Waals surface area contributed by atoms with Gasteiger partial charge < -0.3 is 20.9 Å². The number of halogens is 2. The van der Waals surface area contributed by atoms with E-state index in [4.69, 9.17) is 15.9 Å². The third kappa shape index (κ3) is 5.86. The first-order chi connectivity index (χ1) is 14.0. The number of hydrogen-bond donors (Lipinski definition) is 4. The first-order valence-corrected chi connectivity index (χ1v) is 10.3. The van der Waals surface area contributed by atoms with E-state index >= 15 is 0 Å². The van der Waals surface area contributed by atoms with Crippen LogP contribution in [0.3, 0.4) is 0 Å². The van der Waals surface area contributed by atoms with Gasteiger partial charge in [0.1, 0.15) is 17.7 Å². The number of rotatable bonds is 7. The third-order valence-corrected chi connectivity index (χ3v) is 6.08. The van der Waals surface area contributed by atoms with Crippen molar-refractivity contribution in [1.82, 2.24) is 10.3 Å². The van der Waals surface area contributed by atoms with Crippen molar-refractivity contribution in [1.29, 1.82) is 5.41 Å². The highest BCUT2D eigenvalue weighted by molar-refractivity contribution is 7.18. The minimum atomic E-state index is -0.887. The van der Waals surface area contributed by atoms with E-state index in [1.165, 1.54) is 11.3 Å². The maximum absolute atomic E-state index is 11.9. The number of nitrogens with one attached hydrogen (secondary N) is 2. The number of nitrogens with two attached hydrogens (primary N) is 1. The summed E-state index contributed by atoms with van der Waals surface area (Å²) in [6, 6.07) is 12.7. The van der Waals surface area contributed by atoms with Crippen molar-refractivity contribution < 1.29 is 14.6 Å². The van der Waals surface area contributed by atoms with Gasteiger partial charge in [-0.25, -0.2) is 4.98 Å². The largest absolute Gasteiger partial charge is 0.489 e. The summed E-state index contributed by atoms with van der Waals surface area (Å²) in [5, 5.41) is 21.3. The molecule has 2 aromatic carbocycles. The van der Waals surface area contributed by atoms with E-state index in [-0.39, 0.29) is 36.8 Å². The van der Waals surface area contributed by atoms with Crippen LogP contribution in [0.1, 0.15) is 28.5 Å². The number of thiazole rings is 1. The Bertz CT molecular complexity index is 1050. The van der Waals surface area contributed by atoms with E-state index in [9.17, 15) is 9.90 Å². The summed E-state index contributed by atoms with van der Waals surface area (Å²) in [6.45, 7) is 1.79. The maximum Gasteiger partial charge on any atom is 0.311 e. The van der Waals surface area contributed by atoms with E-state index in [1.807, 2.05) is 30.3 Å². The molecule has 5 N–H and O–H groups in total. The van der Waals surface area contributed by atoms with Crippen molar-refractivity contribution in [2.75, 3.05) is 13.1 Å². The van der Waals surface area contributed by atoms with E-state index in [1.54, 1.807) is 12.1 Å². The summed E-state index contributed by atoms with van der Waals surface area (Å²) in [5.74, 6) is -0.837. The fourth-order valence-electron chi connectivity index (χ4n) is 3.45. The number of nitrogens with zero attached hydrogens (tertiary/aromatic N) is 1. The van der Waals surface area contributed by atoms with Gasteiger partial charge in [0.15, 0.2) is 0 Å². The molecule has 0 aliphatic carbocycles. The molecule has 2 heterocycles. The van der Waals surface area contributed by atoms with Crippen LogP contribution in [0.15, 0.2) is 42.5 Å². The molecule has 0 saturated carbocycles. The molecule has 1 saturated heterocycles. The number of carboxylic acids is 1. The van der Waals surface area contributed by atoms with Gasteiger partial charge in [0.05, 0.1) is 21.1 Å². The maximum atomic E-state index is 11.9. The molecule has 1 aromatic heterocycles. The van der Waals surface area contributed by atoms with Crippen molar-refractivity contribution in [3.05, 3.63) is 58.6 Å². The summed E-state index contributed by atoms with van der Waals surface area (Å²) in [5.41, 5.74) is 7.60. The summed E-state index contributed by atoms with van der Waals surface area (Å²) in [7, 11) is 0. The predicted molar refractivity (Wildman–Crippen MR) is 128 cm³/mol. The fourth-order valence-corrected chi connectivity index (χ4v) is 4.45. The Morgan fingerprint density at radius 2 is 2.03 bits per heavy atom. The fraction of sp³-hybridized carbons (Fsp3) is 0.286. The number of hydrogen-bond acceptors (Lipinski definition) is 6. The Morgan fingerprint density at radius 3 is 2.65 bits per heavy atom. The molecule has 0 spiro atoms. The summed E-state index contributed by atoms with van der Waals surface area (Å²) in [4.78, 5) is 16.5. The summed E-state index contributed by atoms with van der Waals surface area (Å²) < 4.78 is 6.86. The molecule has 166 valence electrons. The molecule has 1 unspecified atom stereocenters. The van der Waals surface area contributed by atoms with Crippen LogP contribution in [0.5, 0.6) is 5.75 Å². The topological polar surface area (TPSA) is 121 Å². The highest BCUT2D eigenvalue weighted by Gasteiger charge is 2.23. The lowest BCUT2D eigenvalue weighted by Gasteiger charge is -2.15. The molecule has 1 aliphatic rings. The van der Waals surface area contributed by atoms with Gasteiger partial charge in [-0.2, -0.15) is 0 Å². The molecule has 31 heavy (non-hydrogen) atoms. The SMILES string of the molecule is Cl.Cl.N=C(N)c1ccc2sc(CC(C(=O)O)c3ccc(O[C@H]4CCNC4)cc3)nc2c1. The van der Waals surface area contributed by atoms with Crippen LogP contribution in [-0.4, -0.2) is 41.1 Å². The van der Waals surface area contributed by atoms with Crippen molar-refractivity contribution in [2.45, 2.75) is 24.9 Å². The molecular formula is C21H24Cl2N4O3S. The number of carbonyl (C=O) groups is 1. The number of ether oxygens (including phenoxy) is 1. The molecule has 1 aliphatic heterocycles. The van der Waals surface area contributed by atoms with Crippen LogP contribution in [0.25, 0.3) is 10.2 Å². The van der Waals surface area contributed by atoms with Gasteiger partial charge in [-0.15, -0.1) is 36.2 Å². The summed E-state index contributed by atoms with van der Waals surface area (Å²) >= 11 is 1.47. The van der Waals surface area contributed by atoms with Gasteiger partial charge in [-0.3, -0.25) is 10.2 Å². The van der Waals surface area contributed by atoms with Crippen molar-refractivity contribution in [3.63, 3.8) is 0 Å². The number of fused-ring (bicyclic) bond motifs is 1. The lowest BCUT2D eigenvalue weighted by Crippen LogP contribution is -2.19. The molecule has 0 amide bonds. The number of amidine groups is 1. The van der Waals surface area contributed by atoms with Gasteiger partial charge in [0.25, 0.3) is 0 Å². The number of benzene rings is 2. The molecule has 10 heteroatoms. The van der Waals surface area contributed by atoms with Crippen molar-refractivity contribution >= 4 is 58.2 Å². The average Bonchev–Trinajstić information content (AvgIpc) is 3.35. The van der Waals surface area contributed by atoms with Gasteiger partial charge in [-0.1, -0.05) is 12.1 Å². The zero-order valence-electron chi connectivity index (χ0n) is 16.5. The Morgan fingerprint density at radius 1 is 1.29 bits per heavy atom. The molecule has 0 radical (unpaired) electrons. The lowest BCUT2D eigenvalue weighted by molar-refractivity contribution is -0.138. The lowest BCUT2D eigenvalue weighted by atomic mass is 9.96. The van der Waals surface area contributed by atoms with E-state index in [0.29, 0.717) is 12.0 Å². The second-order valence-electron chi connectivity index (χ2n) is 7.10. The van der Waals surface area contributed by atoms with Crippen LogP contribution in [0.4, 0.5) is 0 Å². The highest BCUT2D eigenvalue weighted by Crippen LogP contribution is 2.29. The smallest absolute Gasteiger partial charge is 0.311 e. The molecular weight excluding hydrogens is 459 g/mol. The molecule has 2 atom stereocenters. The molecule has 7 nitrogen and oxygen atoms in total. The minimum absolute atomic E-state index is 0. The normalized spacial score (nSPS) is 16.2. The monoisotopic (exact) mass is 482 g/mol. The molecule has 3 aromatic rings. The Labute approximate surface area is 196 Å². The van der Waals surface area contributed by atoms with Gasteiger partial charge in [0, 0.05) is 18.5 Å². The second-order valence-corrected chi connectivity index (χ2v) is 8.22. The number of aromatic nitrogens is 1. The zero-order valence-corrected chi connectivity index (χ0v) is 19.0. The van der Waals surface area contributed by atoms with Gasteiger partial charge >= 0.3 is 5.97 Å².